The first-order valence-corrected chi connectivity index (χ1v) is 9.68. The van der Waals surface area contributed by atoms with Gasteiger partial charge in [-0.25, -0.2) is 4.39 Å². The van der Waals surface area contributed by atoms with Crippen LogP contribution < -0.4 is 5.32 Å². The molecular formula is C23H25FN2S. The Hall–Kier alpha value is -2.33. The predicted molar refractivity (Wildman–Crippen MR) is 115 cm³/mol. The first-order chi connectivity index (χ1) is 12.9. The zero-order chi connectivity index (χ0) is 19.4. The molecule has 1 N–H and O–H groups in total. The number of para-hydroxylation sites is 1. The summed E-state index contributed by atoms with van der Waals surface area (Å²) in [7, 11) is 0. The lowest BCUT2D eigenvalue weighted by molar-refractivity contribution is 0.333. The lowest BCUT2D eigenvalue weighted by atomic mass is 9.84. The summed E-state index contributed by atoms with van der Waals surface area (Å²) < 4.78 is 13.9. The van der Waals surface area contributed by atoms with Crippen molar-refractivity contribution in [3.05, 3.63) is 77.7 Å². The predicted octanol–water partition coefficient (Wildman–Crippen LogP) is 5.69. The summed E-state index contributed by atoms with van der Waals surface area (Å²) in [6, 6.07) is 17.3. The number of hydrogen-bond acceptors (Lipinski definition) is 2. The number of halogens is 1. The first kappa shape index (κ1) is 19.4. The van der Waals surface area contributed by atoms with Gasteiger partial charge in [-0.15, -0.1) is 0 Å². The molecular weight excluding hydrogens is 355 g/mol. The largest absolute Gasteiger partial charge is 0.370 e. The third-order valence-corrected chi connectivity index (χ3v) is 4.97. The van der Waals surface area contributed by atoms with Crippen molar-refractivity contribution in [3.8, 4) is 0 Å². The molecule has 3 aromatic rings. The number of hydrogen-bond donors (Lipinski definition) is 1. The summed E-state index contributed by atoms with van der Waals surface area (Å²) in [5.74, 6) is 0.212. The lowest BCUT2D eigenvalue weighted by Crippen LogP contribution is -2.48. The average Bonchev–Trinajstić information content (AvgIpc) is 2.61. The van der Waals surface area contributed by atoms with Gasteiger partial charge in [-0.1, -0.05) is 68.5 Å². The summed E-state index contributed by atoms with van der Waals surface area (Å²) >= 11 is 5.69. The summed E-state index contributed by atoms with van der Waals surface area (Å²) in [5.41, 5.74) is 2.28. The van der Waals surface area contributed by atoms with Crippen LogP contribution in [-0.2, 0) is 6.42 Å². The van der Waals surface area contributed by atoms with E-state index in [2.05, 4.69) is 55.3 Å². The van der Waals surface area contributed by atoms with Crippen LogP contribution in [0.15, 0.2) is 60.8 Å². The Morgan fingerprint density at radius 2 is 1.89 bits per heavy atom. The first-order valence-electron chi connectivity index (χ1n) is 9.27. The molecule has 2 nitrogen and oxygen atoms in total. The van der Waals surface area contributed by atoms with Gasteiger partial charge in [0.2, 0.25) is 0 Å². The third kappa shape index (κ3) is 4.89. The fourth-order valence-corrected chi connectivity index (χ4v) is 4.07. The van der Waals surface area contributed by atoms with E-state index in [4.69, 9.17) is 12.2 Å². The molecule has 0 saturated carbocycles. The maximum absolute atomic E-state index is 13.9. The van der Waals surface area contributed by atoms with Gasteiger partial charge in [0.1, 0.15) is 16.3 Å². The summed E-state index contributed by atoms with van der Waals surface area (Å²) in [5, 5.41) is 4.32. The van der Waals surface area contributed by atoms with Gasteiger partial charge in [0.25, 0.3) is 0 Å². The highest BCUT2D eigenvalue weighted by molar-refractivity contribution is 7.80. The van der Waals surface area contributed by atoms with E-state index in [1.807, 2.05) is 18.2 Å². The second-order valence-electron chi connectivity index (χ2n) is 7.81. The van der Waals surface area contributed by atoms with Crippen molar-refractivity contribution in [1.82, 2.24) is 10.3 Å². The minimum absolute atomic E-state index is 0.177. The molecule has 0 fully saturated rings. The van der Waals surface area contributed by atoms with Gasteiger partial charge >= 0.3 is 0 Å². The highest BCUT2D eigenvalue weighted by Gasteiger charge is 2.27. The minimum Gasteiger partial charge on any atom is -0.370 e. The van der Waals surface area contributed by atoms with Gasteiger partial charge in [-0.05, 0) is 43.4 Å². The van der Waals surface area contributed by atoms with E-state index in [1.54, 1.807) is 12.3 Å². The van der Waals surface area contributed by atoms with E-state index in [9.17, 15) is 4.39 Å². The van der Waals surface area contributed by atoms with E-state index < -0.39 is 0 Å². The quantitative estimate of drug-likeness (QED) is 0.556. The Balaban J connectivity index is 1.85. The molecule has 1 atom stereocenters. The molecule has 1 unspecified atom stereocenters. The van der Waals surface area contributed by atoms with Crippen LogP contribution in [0.4, 0.5) is 4.39 Å². The molecule has 3 rings (SSSR count). The number of nitrogens with one attached hydrogen (secondary N) is 1. The Labute approximate surface area is 165 Å². The Kier molecular flexibility index (Phi) is 5.85. The van der Waals surface area contributed by atoms with E-state index >= 15 is 0 Å². The van der Waals surface area contributed by atoms with E-state index in [0.717, 1.165) is 23.8 Å². The smallest absolute Gasteiger partial charge is 0.149 e. The Morgan fingerprint density at radius 3 is 2.59 bits per heavy atom. The fourth-order valence-electron chi connectivity index (χ4n) is 3.71. The zero-order valence-corrected chi connectivity index (χ0v) is 16.8. The third-order valence-electron chi connectivity index (χ3n) is 4.64. The van der Waals surface area contributed by atoms with E-state index in [-0.39, 0.29) is 11.4 Å². The van der Waals surface area contributed by atoms with Crippen LogP contribution in [0.1, 0.15) is 38.3 Å². The second-order valence-corrected chi connectivity index (χ2v) is 8.22. The molecule has 0 aliphatic carbocycles. The summed E-state index contributed by atoms with van der Waals surface area (Å²) in [4.78, 5) is 4.92. The molecule has 2 aromatic carbocycles. The van der Waals surface area contributed by atoms with Crippen molar-refractivity contribution in [3.63, 3.8) is 0 Å². The number of nitrogens with zero attached hydrogens (tertiary/aromatic N) is 1. The summed E-state index contributed by atoms with van der Waals surface area (Å²) in [6.07, 6.45) is 3.51. The molecule has 0 aliphatic heterocycles. The van der Waals surface area contributed by atoms with Crippen LogP contribution in [-0.4, -0.2) is 15.5 Å². The van der Waals surface area contributed by atoms with Crippen LogP contribution in [0.2, 0.25) is 0 Å². The van der Waals surface area contributed by atoms with Crippen LogP contribution in [0, 0.1) is 11.7 Å². The number of pyridine rings is 1. The van der Waals surface area contributed by atoms with Crippen LogP contribution in [0.25, 0.3) is 10.9 Å². The monoisotopic (exact) mass is 380 g/mol. The molecule has 4 heteroatoms. The SMILES string of the molecule is CC(C)CC(C)(Cc1ccccc1)NC(=S)c1cnc2c(F)cccc2c1. The highest BCUT2D eigenvalue weighted by atomic mass is 32.1. The Bertz CT molecular complexity index is 940. The molecule has 0 radical (unpaired) electrons. The van der Waals surface area contributed by atoms with Crippen molar-refractivity contribution in [2.75, 3.05) is 0 Å². The number of rotatable bonds is 6. The van der Waals surface area contributed by atoms with Crippen LogP contribution >= 0.6 is 12.2 Å². The van der Waals surface area contributed by atoms with Gasteiger partial charge in [0.15, 0.2) is 0 Å². The van der Waals surface area contributed by atoms with Gasteiger partial charge in [-0.3, -0.25) is 4.98 Å². The number of thiocarbonyl (C=S) groups is 1. The molecule has 0 spiro atoms. The molecule has 0 amide bonds. The minimum atomic E-state index is -0.313. The van der Waals surface area contributed by atoms with Crippen molar-refractivity contribution in [2.45, 2.75) is 39.2 Å². The standard InChI is InChI=1S/C23H25FN2S/c1-16(2)13-23(3,14-17-8-5-4-6-9-17)26-22(27)19-12-18-10-7-11-20(24)21(18)25-15-19/h4-12,15-16H,13-14H2,1-3H3,(H,26,27). The second kappa shape index (κ2) is 8.13. The molecule has 0 aliphatic rings. The van der Waals surface area contributed by atoms with E-state index in [0.29, 0.717) is 16.4 Å². The number of benzene rings is 2. The molecule has 1 aromatic heterocycles. The number of aromatic nitrogens is 1. The molecule has 1 heterocycles. The van der Waals surface area contributed by atoms with Crippen molar-refractivity contribution in [1.29, 1.82) is 0 Å². The van der Waals surface area contributed by atoms with Gasteiger partial charge in [0, 0.05) is 22.7 Å². The molecule has 0 bridgehead atoms. The van der Waals surface area contributed by atoms with Gasteiger partial charge in [0.05, 0.1) is 0 Å². The highest BCUT2D eigenvalue weighted by Crippen LogP contribution is 2.23. The topological polar surface area (TPSA) is 24.9 Å². The van der Waals surface area contributed by atoms with Gasteiger partial charge in [-0.2, -0.15) is 0 Å². The summed E-state index contributed by atoms with van der Waals surface area (Å²) in [6.45, 7) is 6.64. The number of fused-ring (bicyclic) bond motifs is 1. The van der Waals surface area contributed by atoms with Crippen molar-refractivity contribution >= 4 is 28.1 Å². The molecule has 27 heavy (non-hydrogen) atoms. The van der Waals surface area contributed by atoms with Gasteiger partial charge < -0.3 is 5.32 Å². The lowest BCUT2D eigenvalue weighted by Gasteiger charge is -2.34. The maximum Gasteiger partial charge on any atom is 0.149 e. The van der Waals surface area contributed by atoms with Crippen molar-refractivity contribution in [2.24, 2.45) is 5.92 Å². The molecule has 140 valence electrons. The molecule has 0 saturated heterocycles. The normalized spacial score (nSPS) is 13.5. The van der Waals surface area contributed by atoms with Crippen LogP contribution in [0.3, 0.4) is 0 Å². The maximum atomic E-state index is 13.9. The van der Waals surface area contributed by atoms with E-state index in [1.165, 1.54) is 11.6 Å². The van der Waals surface area contributed by atoms with Crippen LogP contribution in [0.5, 0.6) is 0 Å². The Morgan fingerprint density at radius 1 is 1.15 bits per heavy atom. The average molecular weight is 381 g/mol. The zero-order valence-electron chi connectivity index (χ0n) is 16.0. The fraction of sp³-hybridized carbons (Fsp3) is 0.304. The van der Waals surface area contributed by atoms with Crippen molar-refractivity contribution < 1.29 is 4.39 Å².